The fourth-order valence-electron chi connectivity index (χ4n) is 3.16. The van der Waals surface area contributed by atoms with E-state index in [0.29, 0.717) is 0 Å². The molecule has 0 amide bonds. The second kappa shape index (κ2) is 7.42. The zero-order chi connectivity index (χ0) is 17.0. The van der Waals surface area contributed by atoms with Crippen LogP contribution in [-0.2, 0) is 0 Å². The van der Waals surface area contributed by atoms with Crippen molar-refractivity contribution < 1.29 is 0 Å². The predicted molar refractivity (Wildman–Crippen MR) is 105 cm³/mol. The third-order valence-corrected chi connectivity index (χ3v) is 7.06. The average molecular weight is 314 g/mol. The van der Waals surface area contributed by atoms with Crippen LogP contribution >= 0.6 is 7.92 Å². The standard InChI is InChI=1S/C21H31P/c1-9-14-18(17-15-12-11-13-16-17)19(10-2)22(20(3,4)5)21(6,7)8/h9-16H,2H2,1,3-8H3/b14-9-,19-18-. The molecular weight excluding hydrogens is 283 g/mol. The maximum absolute atomic E-state index is 4.16. The zero-order valence-electron chi connectivity index (χ0n) is 15.3. The van der Waals surface area contributed by atoms with E-state index in [-0.39, 0.29) is 18.2 Å². The lowest BCUT2D eigenvalue weighted by molar-refractivity contribution is 0.712. The van der Waals surface area contributed by atoms with E-state index < -0.39 is 0 Å². The van der Waals surface area contributed by atoms with Gasteiger partial charge in [-0.3, -0.25) is 0 Å². The largest absolute Gasteiger partial charge is 0.0984 e. The Kier molecular flexibility index (Phi) is 6.38. The van der Waals surface area contributed by atoms with Gasteiger partial charge in [-0.25, -0.2) is 0 Å². The first-order chi connectivity index (χ1) is 10.1. The first-order valence-corrected chi connectivity index (χ1v) is 9.32. The van der Waals surface area contributed by atoms with Crippen LogP contribution in [0.15, 0.2) is 60.5 Å². The molecule has 0 fully saturated rings. The molecule has 1 rings (SSSR count). The van der Waals surface area contributed by atoms with Crippen molar-refractivity contribution in [3.05, 3.63) is 66.0 Å². The van der Waals surface area contributed by atoms with Gasteiger partial charge < -0.3 is 0 Å². The highest BCUT2D eigenvalue weighted by atomic mass is 31.1. The molecule has 0 radical (unpaired) electrons. The fourth-order valence-corrected chi connectivity index (χ4v) is 7.25. The molecule has 0 unspecified atom stereocenters. The molecule has 0 atom stereocenters. The van der Waals surface area contributed by atoms with Gasteiger partial charge in [0.05, 0.1) is 0 Å². The molecule has 0 saturated carbocycles. The summed E-state index contributed by atoms with van der Waals surface area (Å²) in [6.07, 6.45) is 6.45. The van der Waals surface area contributed by atoms with E-state index in [1.54, 1.807) is 0 Å². The molecule has 1 heteroatoms. The molecule has 0 aromatic heterocycles. The van der Waals surface area contributed by atoms with Crippen LogP contribution in [0, 0.1) is 0 Å². The third kappa shape index (κ3) is 4.68. The molecule has 0 aliphatic rings. The first-order valence-electron chi connectivity index (χ1n) is 7.98. The van der Waals surface area contributed by atoms with Crippen molar-refractivity contribution in [3.8, 4) is 0 Å². The van der Waals surface area contributed by atoms with Gasteiger partial charge in [0, 0.05) is 0 Å². The lowest BCUT2D eigenvalue weighted by atomic mass is 10.1. The van der Waals surface area contributed by atoms with E-state index >= 15 is 0 Å². The van der Waals surface area contributed by atoms with Crippen molar-refractivity contribution >= 4 is 13.5 Å². The SMILES string of the molecule is C=C/C(=C(\C=C/C)c1ccccc1)P(C(C)(C)C)C(C)(C)C. The Morgan fingerprint density at radius 2 is 1.45 bits per heavy atom. The van der Waals surface area contributed by atoms with Gasteiger partial charge in [0.15, 0.2) is 0 Å². The Labute approximate surface area is 138 Å². The summed E-state index contributed by atoms with van der Waals surface area (Å²) < 4.78 is 0. The maximum atomic E-state index is 4.16. The van der Waals surface area contributed by atoms with E-state index in [0.717, 1.165) is 0 Å². The van der Waals surface area contributed by atoms with Crippen molar-refractivity contribution in [2.75, 3.05) is 0 Å². The van der Waals surface area contributed by atoms with E-state index in [9.17, 15) is 0 Å². The van der Waals surface area contributed by atoms with E-state index in [2.05, 4.69) is 104 Å². The second-order valence-corrected chi connectivity index (χ2v) is 11.4. The Morgan fingerprint density at radius 1 is 0.955 bits per heavy atom. The van der Waals surface area contributed by atoms with Crippen molar-refractivity contribution in [1.29, 1.82) is 0 Å². The average Bonchev–Trinajstić information content (AvgIpc) is 2.40. The number of allylic oxidation sites excluding steroid dienone is 5. The van der Waals surface area contributed by atoms with Crippen LogP contribution in [0.25, 0.3) is 5.57 Å². The molecule has 120 valence electrons. The molecule has 0 bridgehead atoms. The van der Waals surface area contributed by atoms with Crippen LogP contribution < -0.4 is 0 Å². The van der Waals surface area contributed by atoms with Crippen LogP contribution in [0.4, 0.5) is 0 Å². The lowest BCUT2D eigenvalue weighted by Crippen LogP contribution is -2.25. The topological polar surface area (TPSA) is 0 Å². The molecule has 1 aromatic rings. The van der Waals surface area contributed by atoms with Gasteiger partial charge in [-0.05, 0) is 33.7 Å². The summed E-state index contributed by atoms with van der Waals surface area (Å²) in [4.78, 5) is 0. The molecule has 0 spiro atoms. The molecular formula is C21H31P. The van der Waals surface area contributed by atoms with Crippen molar-refractivity contribution in [1.82, 2.24) is 0 Å². The van der Waals surface area contributed by atoms with Gasteiger partial charge in [0.25, 0.3) is 0 Å². The molecule has 0 aliphatic heterocycles. The van der Waals surface area contributed by atoms with Crippen molar-refractivity contribution in [2.45, 2.75) is 58.8 Å². The summed E-state index contributed by atoms with van der Waals surface area (Å²) in [6, 6.07) is 10.7. The van der Waals surface area contributed by atoms with E-state index in [1.165, 1.54) is 16.5 Å². The van der Waals surface area contributed by atoms with Crippen molar-refractivity contribution in [3.63, 3.8) is 0 Å². The van der Waals surface area contributed by atoms with Crippen LogP contribution in [0.3, 0.4) is 0 Å². The number of benzene rings is 1. The minimum atomic E-state index is -0.370. The lowest BCUT2D eigenvalue weighted by Gasteiger charge is -2.43. The number of hydrogen-bond donors (Lipinski definition) is 0. The molecule has 22 heavy (non-hydrogen) atoms. The van der Waals surface area contributed by atoms with Crippen LogP contribution in [0.2, 0.25) is 0 Å². The Bertz CT molecular complexity index is 534. The molecule has 1 aromatic carbocycles. The zero-order valence-corrected chi connectivity index (χ0v) is 16.2. The highest BCUT2D eigenvalue weighted by Crippen LogP contribution is 2.66. The highest BCUT2D eigenvalue weighted by molar-refractivity contribution is 7.65. The fraction of sp³-hybridized carbons (Fsp3) is 0.429. The summed E-state index contributed by atoms with van der Waals surface area (Å²) in [7, 11) is -0.370. The monoisotopic (exact) mass is 314 g/mol. The molecule has 0 saturated heterocycles. The van der Waals surface area contributed by atoms with E-state index in [1.807, 2.05) is 0 Å². The minimum Gasteiger partial charge on any atom is -0.0984 e. The third-order valence-electron chi connectivity index (χ3n) is 3.47. The van der Waals surface area contributed by atoms with Gasteiger partial charge in [0.1, 0.15) is 0 Å². The summed E-state index contributed by atoms with van der Waals surface area (Å²) in [5, 5.41) is 1.87. The summed E-state index contributed by atoms with van der Waals surface area (Å²) in [6.45, 7) is 20.4. The summed E-state index contributed by atoms with van der Waals surface area (Å²) in [5.41, 5.74) is 2.59. The normalized spacial score (nSPS) is 14.4. The first kappa shape index (κ1) is 18.9. The van der Waals surface area contributed by atoms with Crippen LogP contribution in [0.5, 0.6) is 0 Å². The van der Waals surface area contributed by atoms with E-state index in [4.69, 9.17) is 0 Å². The second-order valence-electron chi connectivity index (χ2n) is 7.55. The quantitative estimate of drug-likeness (QED) is 0.406. The van der Waals surface area contributed by atoms with Crippen molar-refractivity contribution in [2.24, 2.45) is 0 Å². The molecule has 0 heterocycles. The number of rotatable bonds is 4. The van der Waals surface area contributed by atoms with Crippen LogP contribution in [-0.4, -0.2) is 10.3 Å². The van der Waals surface area contributed by atoms with Gasteiger partial charge in [-0.1, -0.05) is 105 Å². The van der Waals surface area contributed by atoms with Gasteiger partial charge in [0.2, 0.25) is 0 Å². The smallest absolute Gasteiger partial charge is 0.0110 e. The van der Waals surface area contributed by atoms with Gasteiger partial charge in [-0.15, -0.1) is 0 Å². The predicted octanol–water partition coefficient (Wildman–Crippen LogP) is 7.24. The Morgan fingerprint density at radius 3 is 1.82 bits per heavy atom. The van der Waals surface area contributed by atoms with Gasteiger partial charge >= 0.3 is 0 Å². The van der Waals surface area contributed by atoms with Gasteiger partial charge in [-0.2, -0.15) is 0 Å². The summed E-state index contributed by atoms with van der Waals surface area (Å²) >= 11 is 0. The Hall–Kier alpha value is -1.13. The molecule has 0 N–H and O–H groups in total. The molecule has 0 aliphatic carbocycles. The Balaban J connectivity index is 3.66. The maximum Gasteiger partial charge on any atom is -0.0110 e. The molecule has 0 nitrogen and oxygen atoms in total. The number of hydrogen-bond acceptors (Lipinski definition) is 0. The van der Waals surface area contributed by atoms with Crippen LogP contribution in [0.1, 0.15) is 54.0 Å². The highest BCUT2D eigenvalue weighted by Gasteiger charge is 2.37. The minimum absolute atomic E-state index is 0.235. The summed E-state index contributed by atoms with van der Waals surface area (Å²) in [5.74, 6) is 0.